The number of carboxylic acid groups (broad SMARTS) is 1. The molecule has 0 saturated heterocycles. The van der Waals surface area contributed by atoms with Gasteiger partial charge < -0.3 is 15.0 Å². The molecule has 13 heteroatoms. The first-order valence-corrected chi connectivity index (χ1v) is 10.3. The molecule has 0 aliphatic heterocycles. The van der Waals surface area contributed by atoms with Gasteiger partial charge in [-0.25, -0.2) is 14.8 Å². The van der Waals surface area contributed by atoms with Crippen molar-refractivity contribution in [2.24, 2.45) is 0 Å². The molecule has 10 nitrogen and oxygen atoms in total. The number of rotatable bonds is 5. The third-order valence-corrected chi connectivity index (χ3v) is 5.00. The molecular weight excluding hydrogens is 479 g/mol. The number of carboxylic acids is 1. The molecule has 2 N–H and O–H groups in total. The van der Waals surface area contributed by atoms with Crippen molar-refractivity contribution in [1.82, 2.24) is 29.6 Å². The van der Waals surface area contributed by atoms with E-state index in [1.54, 1.807) is 31.0 Å². The summed E-state index contributed by atoms with van der Waals surface area (Å²) in [5.41, 5.74) is 3.79. The fourth-order valence-electron chi connectivity index (χ4n) is 3.32. The average molecular weight is 499 g/mol. The summed E-state index contributed by atoms with van der Waals surface area (Å²) in [7, 11) is 3.43. The lowest BCUT2D eigenvalue weighted by atomic mass is 10.0. The number of benzene rings is 1. The summed E-state index contributed by atoms with van der Waals surface area (Å²) in [5, 5.41) is 21.9. The molecule has 0 aliphatic carbocycles. The summed E-state index contributed by atoms with van der Waals surface area (Å²) in [6, 6.07) is 11.2. The maximum atomic E-state index is 12.3. The molecule has 1 amide bonds. The van der Waals surface area contributed by atoms with E-state index in [1.807, 2.05) is 36.7 Å². The minimum Gasteiger partial charge on any atom is -0.475 e. The number of carbonyl (C=O) groups is 2. The summed E-state index contributed by atoms with van der Waals surface area (Å²) >= 11 is 0. The van der Waals surface area contributed by atoms with Crippen LogP contribution in [0.5, 0.6) is 0 Å². The van der Waals surface area contributed by atoms with Crippen LogP contribution in [0.15, 0.2) is 55.2 Å². The van der Waals surface area contributed by atoms with Gasteiger partial charge in [0.2, 0.25) is 0 Å². The van der Waals surface area contributed by atoms with Crippen molar-refractivity contribution in [3.8, 4) is 17.3 Å². The quantitative estimate of drug-likeness (QED) is 0.427. The van der Waals surface area contributed by atoms with Gasteiger partial charge in [0.15, 0.2) is 0 Å². The first kappa shape index (κ1) is 25.9. The van der Waals surface area contributed by atoms with E-state index in [9.17, 15) is 23.2 Å². The topological polar surface area (TPSA) is 141 Å². The molecule has 186 valence electrons. The highest BCUT2D eigenvalue weighted by Crippen LogP contribution is 2.28. The molecule has 0 aliphatic rings. The Morgan fingerprint density at radius 3 is 2.61 bits per heavy atom. The summed E-state index contributed by atoms with van der Waals surface area (Å²) in [6.07, 6.45) is 2.07. The Bertz CT molecular complexity index is 1420. The van der Waals surface area contributed by atoms with Gasteiger partial charge in [0.1, 0.15) is 12.0 Å². The van der Waals surface area contributed by atoms with E-state index >= 15 is 0 Å². The predicted molar refractivity (Wildman–Crippen MR) is 122 cm³/mol. The molecule has 1 unspecified atom stereocenters. The Morgan fingerprint density at radius 2 is 1.97 bits per heavy atom. The van der Waals surface area contributed by atoms with Crippen molar-refractivity contribution in [3.05, 3.63) is 66.4 Å². The van der Waals surface area contributed by atoms with Crippen LogP contribution in [0.3, 0.4) is 0 Å². The van der Waals surface area contributed by atoms with Gasteiger partial charge in [0, 0.05) is 43.0 Å². The van der Waals surface area contributed by atoms with Crippen molar-refractivity contribution in [2.75, 3.05) is 14.1 Å². The number of halogens is 3. The molecular formula is C23H20F3N7O3. The van der Waals surface area contributed by atoms with Crippen molar-refractivity contribution >= 4 is 22.9 Å². The largest absolute Gasteiger partial charge is 0.490 e. The molecule has 4 aromatic rings. The zero-order chi connectivity index (χ0) is 26.5. The molecule has 0 saturated carbocycles. The number of hydrogen-bond donors (Lipinski definition) is 2. The molecule has 0 spiro atoms. The zero-order valence-corrected chi connectivity index (χ0v) is 19.1. The van der Waals surface area contributed by atoms with Gasteiger partial charge in [0.25, 0.3) is 5.91 Å². The molecule has 36 heavy (non-hydrogen) atoms. The van der Waals surface area contributed by atoms with E-state index < -0.39 is 12.1 Å². The van der Waals surface area contributed by atoms with Crippen LogP contribution >= 0.6 is 0 Å². The third-order valence-electron chi connectivity index (χ3n) is 5.00. The molecule has 1 aromatic carbocycles. The van der Waals surface area contributed by atoms with Crippen LogP contribution in [-0.2, 0) is 4.79 Å². The molecule has 4 rings (SSSR count). The van der Waals surface area contributed by atoms with E-state index in [2.05, 4.69) is 26.1 Å². The van der Waals surface area contributed by atoms with Gasteiger partial charge in [0.05, 0.1) is 30.4 Å². The Hall–Kier alpha value is -4.73. The summed E-state index contributed by atoms with van der Waals surface area (Å²) in [4.78, 5) is 34.4. The second-order valence-corrected chi connectivity index (χ2v) is 7.68. The van der Waals surface area contributed by atoms with Gasteiger partial charge in [-0.15, -0.1) is 0 Å². The van der Waals surface area contributed by atoms with Crippen LogP contribution in [-0.4, -0.2) is 66.9 Å². The van der Waals surface area contributed by atoms with Crippen LogP contribution in [0.25, 0.3) is 22.3 Å². The highest BCUT2D eigenvalue weighted by molar-refractivity contribution is 5.94. The average Bonchev–Trinajstić information content (AvgIpc) is 3.51. The maximum absolute atomic E-state index is 12.3. The summed E-state index contributed by atoms with van der Waals surface area (Å²) in [5.74, 6) is -2.84. The van der Waals surface area contributed by atoms with Gasteiger partial charge >= 0.3 is 12.1 Å². The van der Waals surface area contributed by atoms with Crippen LogP contribution in [0, 0.1) is 11.3 Å². The SMILES string of the molecule is CN(C)C(=O)c1cccc(C(CC#N)n2cc(-c3ncnc4[nH]ccc34)cn2)c1.O=C(O)C(F)(F)F. The van der Waals surface area contributed by atoms with Gasteiger partial charge in [-0.3, -0.25) is 9.48 Å². The fourth-order valence-corrected chi connectivity index (χ4v) is 3.32. The Kier molecular flexibility index (Phi) is 7.68. The minimum atomic E-state index is -5.08. The lowest BCUT2D eigenvalue weighted by Gasteiger charge is -2.17. The number of aromatic nitrogens is 5. The number of nitriles is 1. The highest BCUT2D eigenvalue weighted by Gasteiger charge is 2.38. The highest BCUT2D eigenvalue weighted by atomic mass is 19.4. The van der Waals surface area contributed by atoms with Crippen molar-refractivity contribution in [2.45, 2.75) is 18.6 Å². The predicted octanol–water partition coefficient (Wildman–Crippen LogP) is 3.66. The Balaban J connectivity index is 0.000000454. The van der Waals surface area contributed by atoms with E-state index in [4.69, 9.17) is 9.90 Å². The molecule has 0 bridgehead atoms. The second kappa shape index (κ2) is 10.7. The van der Waals surface area contributed by atoms with Crippen molar-refractivity contribution in [1.29, 1.82) is 5.26 Å². The second-order valence-electron chi connectivity index (χ2n) is 7.68. The smallest absolute Gasteiger partial charge is 0.475 e. The van der Waals surface area contributed by atoms with E-state index in [0.29, 0.717) is 5.56 Å². The number of fused-ring (bicyclic) bond motifs is 1. The maximum Gasteiger partial charge on any atom is 0.490 e. The summed E-state index contributed by atoms with van der Waals surface area (Å²) < 4.78 is 33.5. The number of aromatic amines is 1. The zero-order valence-electron chi connectivity index (χ0n) is 19.1. The molecule has 0 radical (unpaired) electrons. The van der Waals surface area contributed by atoms with Crippen LogP contribution in [0.2, 0.25) is 0 Å². The van der Waals surface area contributed by atoms with E-state index in [1.165, 1.54) is 11.2 Å². The van der Waals surface area contributed by atoms with E-state index in [0.717, 1.165) is 27.9 Å². The van der Waals surface area contributed by atoms with Crippen molar-refractivity contribution in [3.63, 3.8) is 0 Å². The molecule has 1 atom stereocenters. The molecule has 0 fully saturated rings. The summed E-state index contributed by atoms with van der Waals surface area (Å²) in [6.45, 7) is 0. The number of nitrogens with zero attached hydrogens (tertiary/aromatic N) is 6. The van der Waals surface area contributed by atoms with Crippen LogP contribution in [0.1, 0.15) is 28.4 Å². The van der Waals surface area contributed by atoms with Gasteiger partial charge in [-0.2, -0.15) is 23.5 Å². The monoisotopic (exact) mass is 499 g/mol. The van der Waals surface area contributed by atoms with Crippen molar-refractivity contribution < 1.29 is 27.9 Å². The van der Waals surface area contributed by atoms with E-state index in [-0.39, 0.29) is 18.4 Å². The number of amides is 1. The fraction of sp³-hybridized carbons (Fsp3) is 0.217. The third kappa shape index (κ3) is 5.84. The lowest BCUT2D eigenvalue weighted by molar-refractivity contribution is -0.192. The first-order valence-electron chi connectivity index (χ1n) is 10.3. The number of alkyl halides is 3. The Morgan fingerprint density at radius 1 is 1.25 bits per heavy atom. The Labute approximate surface area is 202 Å². The van der Waals surface area contributed by atoms with Gasteiger partial charge in [-0.05, 0) is 23.8 Å². The lowest BCUT2D eigenvalue weighted by Crippen LogP contribution is -2.22. The van der Waals surface area contributed by atoms with Crippen LogP contribution < -0.4 is 0 Å². The first-order chi connectivity index (χ1) is 17.0. The standard InChI is InChI=1S/C21H19N7O.C2HF3O2/c1-27(2)21(29)15-5-3-4-14(10-15)18(6-8-22)28-12-16(11-26-28)19-17-7-9-23-20(17)25-13-24-19;3-2(4,5)1(6)7/h3-5,7,9-13,18H,6H2,1-2H3,(H,23,24,25);(H,6,7). The van der Waals surface area contributed by atoms with Gasteiger partial charge in [-0.1, -0.05) is 12.1 Å². The normalized spacial score (nSPS) is 11.8. The number of H-pyrrole nitrogens is 1. The minimum absolute atomic E-state index is 0.0838. The number of aliphatic carboxylic acids is 1. The number of carbonyl (C=O) groups excluding carboxylic acids is 1. The van der Waals surface area contributed by atoms with Crippen LogP contribution in [0.4, 0.5) is 13.2 Å². The number of hydrogen-bond acceptors (Lipinski definition) is 6. The number of nitrogens with one attached hydrogen (secondary N) is 1. The molecule has 3 aromatic heterocycles. The molecule has 3 heterocycles.